The minimum Gasteiger partial charge on any atom is -0.350 e. The molecule has 0 fully saturated rings. The van der Waals surface area contributed by atoms with E-state index in [1.807, 2.05) is 33.2 Å². The Kier molecular flexibility index (Phi) is 3.47. The third-order valence-electron chi connectivity index (χ3n) is 1.85. The van der Waals surface area contributed by atoms with Gasteiger partial charge in [-0.05, 0) is 19.9 Å². The van der Waals surface area contributed by atoms with Crippen LogP contribution in [0, 0.1) is 0 Å². The first-order valence-electron chi connectivity index (χ1n) is 4.91. The summed E-state index contributed by atoms with van der Waals surface area (Å²) in [6, 6.07) is 1.87. The highest BCUT2D eigenvalue weighted by Crippen LogP contribution is 2.03. The fourth-order valence-electron chi connectivity index (χ4n) is 1.22. The van der Waals surface area contributed by atoms with Gasteiger partial charge in [0.15, 0.2) is 0 Å². The van der Waals surface area contributed by atoms with Crippen molar-refractivity contribution in [3.8, 4) is 0 Å². The fourth-order valence-corrected chi connectivity index (χ4v) is 1.22. The molecule has 1 heterocycles. The van der Waals surface area contributed by atoms with Crippen LogP contribution >= 0.6 is 0 Å². The number of amides is 1. The van der Waals surface area contributed by atoms with Gasteiger partial charge in [0.05, 0.1) is 12.2 Å². The summed E-state index contributed by atoms with van der Waals surface area (Å²) in [6.45, 7) is 4.11. The maximum Gasteiger partial charge on any atom is 0.222 e. The lowest BCUT2D eigenvalue weighted by atomic mass is 10.0. The van der Waals surface area contributed by atoms with Crippen LogP contribution in [0.15, 0.2) is 12.3 Å². The Morgan fingerprint density at radius 1 is 1.67 bits per heavy atom. The molecule has 0 aromatic carbocycles. The second-order valence-corrected chi connectivity index (χ2v) is 4.42. The molecule has 0 saturated carbocycles. The third kappa shape index (κ3) is 4.60. The van der Waals surface area contributed by atoms with E-state index in [0.717, 1.165) is 5.69 Å². The second-order valence-electron chi connectivity index (χ2n) is 4.42. The lowest BCUT2D eigenvalue weighted by Gasteiger charge is -2.17. The van der Waals surface area contributed by atoms with Crippen LogP contribution in [0.3, 0.4) is 0 Å². The van der Waals surface area contributed by atoms with Gasteiger partial charge in [0.2, 0.25) is 5.91 Å². The molecule has 1 amide bonds. The lowest BCUT2D eigenvalue weighted by Crippen LogP contribution is -2.38. The van der Waals surface area contributed by atoms with Crippen LogP contribution in [0.25, 0.3) is 0 Å². The van der Waals surface area contributed by atoms with Gasteiger partial charge in [0, 0.05) is 25.2 Å². The average molecular weight is 210 g/mol. The van der Waals surface area contributed by atoms with Gasteiger partial charge in [-0.3, -0.25) is 9.48 Å². The molecule has 0 bridgehead atoms. The van der Waals surface area contributed by atoms with Crippen molar-refractivity contribution in [3.05, 3.63) is 18.0 Å². The van der Waals surface area contributed by atoms with Gasteiger partial charge in [-0.15, -0.1) is 0 Å². The van der Waals surface area contributed by atoms with Crippen LogP contribution in [0.5, 0.6) is 0 Å². The number of hydrogen-bond acceptors (Lipinski definition) is 3. The summed E-state index contributed by atoms with van der Waals surface area (Å²) in [5.41, 5.74) is 6.11. The summed E-state index contributed by atoms with van der Waals surface area (Å²) >= 11 is 0. The molecule has 3 N–H and O–H groups in total. The Morgan fingerprint density at radius 3 is 2.80 bits per heavy atom. The van der Waals surface area contributed by atoms with Gasteiger partial charge >= 0.3 is 0 Å². The number of nitrogens with zero attached hydrogens (tertiary/aromatic N) is 2. The number of hydrogen-bond donors (Lipinski definition) is 2. The van der Waals surface area contributed by atoms with Crippen molar-refractivity contribution < 1.29 is 4.79 Å². The van der Waals surface area contributed by atoms with E-state index < -0.39 is 5.54 Å². The molecule has 0 unspecified atom stereocenters. The zero-order chi connectivity index (χ0) is 11.5. The molecule has 0 aliphatic rings. The molecule has 1 aromatic rings. The minimum atomic E-state index is -0.464. The van der Waals surface area contributed by atoms with Crippen LogP contribution in [-0.2, 0) is 18.4 Å². The Morgan fingerprint density at radius 2 is 2.33 bits per heavy atom. The molecule has 0 aliphatic carbocycles. The number of carbonyl (C=O) groups excluding carboxylic acids is 1. The Bertz CT molecular complexity index is 337. The van der Waals surface area contributed by atoms with Gasteiger partial charge in [-0.2, -0.15) is 5.10 Å². The van der Waals surface area contributed by atoms with Crippen molar-refractivity contribution in [1.82, 2.24) is 15.1 Å². The number of carbonyl (C=O) groups is 1. The smallest absolute Gasteiger partial charge is 0.222 e. The number of aryl methyl sites for hydroxylation is 1. The monoisotopic (exact) mass is 210 g/mol. The van der Waals surface area contributed by atoms with E-state index in [4.69, 9.17) is 5.73 Å². The maximum atomic E-state index is 11.4. The van der Waals surface area contributed by atoms with Gasteiger partial charge in [-0.25, -0.2) is 0 Å². The average Bonchev–Trinajstić information content (AvgIpc) is 2.45. The standard InChI is InChI=1S/C10H18N4O/c1-10(2,11)6-9(15)12-7-8-4-5-14(3)13-8/h4-5H,6-7,11H2,1-3H3,(H,12,15). The molecule has 0 radical (unpaired) electrons. The number of nitrogens with two attached hydrogens (primary N) is 1. The third-order valence-corrected chi connectivity index (χ3v) is 1.85. The lowest BCUT2D eigenvalue weighted by molar-refractivity contribution is -0.122. The van der Waals surface area contributed by atoms with Crippen LogP contribution in [0.1, 0.15) is 26.0 Å². The zero-order valence-corrected chi connectivity index (χ0v) is 9.45. The van der Waals surface area contributed by atoms with E-state index in [9.17, 15) is 4.79 Å². The SMILES string of the molecule is Cn1ccc(CNC(=O)CC(C)(C)N)n1. The Labute approximate surface area is 89.6 Å². The summed E-state index contributed by atoms with van der Waals surface area (Å²) in [5.74, 6) is -0.0480. The highest BCUT2D eigenvalue weighted by Gasteiger charge is 2.15. The predicted octanol–water partition coefficient (Wildman–Crippen LogP) is 0.164. The number of nitrogens with one attached hydrogen (secondary N) is 1. The van der Waals surface area contributed by atoms with Crippen molar-refractivity contribution in [3.63, 3.8) is 0 Å². The van der Waals surface area contributed by atoms with E-state index in [1.54, 1.807) is 4.68 Å². The summed E-state index contributed by atoms with van der Waals surface area (Å²) < 4.78 is 1.70. The van der Waals surface area contributed by atoms with E-state index in [-0.39, 0.29) is 5.91 Å². The van der Waals surface area contributed by atoms with E-state index in [1.165, 1.54) is 0 Å². The predicted molar refractivity (Wildman–Crippen MR) is 57.9 cm³/mol. The summed E-state index contributed by atoms with van der Waals surface area (Å²) in [4.78, 5) is 11.4. The molecule has 1 rings (SSSR count). The molecule has 0 saturated heterocycles. The van der Waals surface area contributed by atoms with Crippen LogP contribution in [-0.4, -0.2) is 21.2 Å². The Hall–Kier alpha value is -1.36. The molecular weight excluding hydrogens is 192 g/mol. The van der Waals surface area contributed by atoms with Crippen molar-refractivity contribution in [2.75, 3.05) is 0 Å². The molecule has 0 atom stereocenters. The van der Waals surface area contributed by atoms with E-state index in [2.05, 4.69) is 10.4 Å². The number of aromatic nitrogens is 2. The van der Waals surface area contributed by atoms with Crippen LogP contribution in [0.2, 0.25) is 0 Å². The first-order chi connectivity index (χ1) is 6.87. The topological polar surface area (TPSA) is 72.9 Å². The highest BCUT2D eigenvalue weighted by molar-refractivity contribution is 5.76. The minimum absolute atomic E-state index is 0.0480. The largest absolute Gasteiger partial charge is 0.350 e. The number of rotatable bonds is 4. The zero-order valence-electron chi connectivity index (χ0n) is 9.45. The quantitative estimate of drug-likeness (QED) is 0.743. The molecule has 15 heavy (non-hydrogen) atoms. The van der Waals surface area contributed by atoms with Gasteiger partial charge in [0.25, 0.3) is 0 Å². The van der Waals surface area contributed by atoms with Crippen molar-refractivity contribution in [2.24, 2.45) is 12.8 Å². The molecule has 5 heteroatoms. The summed E-state index contributed by atoms with van der Waals surface area (Å²) in [6.07, 6.45) is 2.16. The maximum absolute atomic E-state index is 11.4. The van der Waals surface area contributed by atoms with Gasteiger partial charge < -0.3 is 11.1 Å². The van der Waals surface area contributed by atoms with E-state index in [0.29, 0.717) is 13.0 Å². The van der Waals surface area contributed by atoms with Crippen LogP contribution < -0.4 is 11.1 Å². The first kappa shape index (κ1) is 11.7. The van der Waals surface area contributed by atoms with Crippen molar-refractivity contribution >= 4 is 5.91 Å². The van der Waals surface area contributed by atoms with Crippen LogP contribution in [0.4, 0.5) is 0 Å². The summed E-state index contributed by atoms with van der Waals surface area (Å²) in [5, 5.41) is 6.92. The van der Waals surface area contributed by atoms with Crippen molar-refractivity contribution in [2.45, 2.75) is 32.4 Å². The molecular formula is C10H18N4O. The summed E-state index contributed by atoms with van der Waals surface area (Å²) in [7, 11) is 1.84. The van der Waals surface area contributed by atoms with Gasteiger partial charge in [-0.1, -0.05) is 0 Å². The van der Waals surface area contributed by atoms with Gasteiger partial charge in [0.1, 0.15) is 0 Å². The molecule has 84 valence electrons. The highest BCUT2D eigenvalue weighted by atomic mass is 16.1. The Balaban J connectivity index is 2.35. The molecule has 1 aromatic heterocycles. The second kappa shape index (κ2) is 4.44. The van der Waals surface area contributed by atoms with Crippen molar-refractivity contribution in [1.29, 1.82) is 0 Å². The normalized spacial score (nSPS) is 11.5. The molecule has 0 spiro atoms. The first-order valence-corrected chi connectivity index (χ1v) is 4.91. The van der Waals surface area contributed by atoms with E-state index >= 15 is 0 Å². The fraction of sp³-hybridized carbons (Fsp3) is 0.600. The molecule has 0 aliphatic heterocycles. The molecule has 5 nitrogen and oxygen atoms in total.